The van der Waals surface area contributed by atoms with Gasteiger partial charge in [-0.15, -0.1) is 0 Å². The largest absolute Gasteiger partial charge is 0.390 e. The van der Waals surface area contributed by atoms with Crippen molar-refractivity contribution < 1.29 is 13.2 Å². The minimum Gasteiger partial charge on any atom is -0.327 e. The number of hydrogen-bond acceptors (Lipinski definition) is 1. The van der Waals surface area contributed by atoms with E-state index in [0.29, 0.717) is 5.02 Å². The first-order chi connectivity index (χ1) is 6.87. The number of benzene rings is 1. The maximum absolute atomic E-state index is 12.0. The highest BCUT2D eigenvalue weighted by molar-refractivity contribution is 6.30. The lowest BCUT2D eigenvalue weighted by atomic mass is 10.0. The van der Waals surface area contributed by atoms with Crippen molar-refractivity contribution in [3.8, 4) is 0 Å². The summed E-state index contributed by atoms with van der Waals surface area (Å²) in [5, 5.41) is 0.558. The van der Waals surface area contributed by atoms with E-state index >= 15 is 0 Å². The summed E-state index contributed by atoms with van der Waals surface area (Å²) in [6, 6.07) is 5.73. The molecule has 5 heteroatoms. The molecule has 0 amide bonds. The molecule has 1 rings (SSSR count). The van der Waals surface area contributed by atoms with Gasteiger partial charge in [0.2, 0.25) is 0 Å². The lowest BCUT2D eigenvalue weighted by Crippen LogP contribution is -2.29. The Balaban J connectivity index is 2.51. The molecule has 2 N–H and O–H groups in total. The molecule has 0 saturated heterocycles. The third-order valence-corrected chi connectivity index (χ3v) is 2.16. The van der Waals surface area contributed by atoms with Gasteiger partial charge in [0.05, 0.1) is 6.42 Å². The van der Waals surface area contributed by atoms with E-state index in [1.165, 1.54) is 0 Å². The van der Waals surface area contributed by atoms with Crippen molar-refractivity contribution in [1.29, 1.82) is 0 Å². The van der Waals surface area contributed by atoms with Gasteiger partial charge in [-0.05, 0) is 24.1 Å². The minimum absolute atomic E-state index is 0.205. The molecule has 1 unspecified atom stereocenters. The lowest BCUT2D eigenvalue weighted by Gasteiger charge is -2.13. The Hall–Kier alpha value is -0.740. The van der Waals surface area contributed by atoms with Crippen LogP contribution in [0.4, 0.5) is 13.2 Å². The average Bonchev–Trinajstić information content (AvgIpc) is 2.05. The quantitative estimate of drug-likeness (QED) is 0.859. The number of nitrogens with two attached hydrogens (primary N) is 1. The second kappa shape index (κ2) is 4.86. The Labute approximate surface area is 91.0 Å². The van der Waals surface area contributed by atoms with Gasteiger partial charge in [-0.3, -0.25) is 0 Å². The van der Waals surface area contributed by atoms with Gasteiger partial charge in [0.1, 0.15) is 0 Å². The summed E-state index contributed by atoms with van der Waals surface area (Å²) in [7, 11) is 0. The first-order valence-electron chi connectivity index (χ1n) is 4.43. The summed E-state index contributed by atoms with van der Waals surface area (Å²) < 4.78 is 35.9. The van der Waals surface area contributed by atoms with Gasteiger partial charge >= 0.3 is 6.18 Å². The molecule has 0 aromatic heterocycles. The molecule has 1 aromatic rings. The van der Waals surface area contributed by atoms with Crippen LogP contribution in [-0.4, -0.2) is 12.2 Å². The van der Waals surface area contributed by atoms with Crippen LogP contribution >= 0.6 is 11.6 Å². The second-order valence-corrected chi connectivity index (χ2v) is 3.85. The molecule has 84 valence electrons. The van der Waals surface area contributed by atoms with E-state index in [1.807, 2.05) is 0 Å². The number of halogens is 4. The Bertz CT molecular complexity index is 307. The molecule has 15 heavy (non-hydrogen) atoms. The third kappa shape index (κ3) is 5.04. The van der Waals surface area contributed by atoms with Gasteiger partial charge in [-0.1, -0.05) is 23.7 Å². The zero-order valence-electron chi connectivity index (χ0n) is 7.89. The number of hydrogen-bond donors (Lipinski definition) is 1. The van der Waals surface area contributed by atoms with E-state index in [4.69, 9.17) is 17.3 Å². The van der Waals surface area contributed by atoms with Crippen LogP contribution in [0.1, 0.15) is 12.0 Å². The van der Waals surface area contributed by atoms with E-state index in [0.717, 1.165) is 5.56 Å². The first kappa shape index (κ1) is 12.3. The van der Waals surface area contributed by atoms with Crippen molar-refractivity contribution in [1.82, 2.24) is 0 Å². The summed E-state index contributed by atoms with van der Waals surface area (Å²) >= 11 is 5.64. The fourth-order valence-corrected chi connectivity index (χ4v) is 1.42. The van der Waals surface area contributed by atoms with Crippen LogP contribution < -0.4 is 5.73 Å². The minimum atomic E-state index is -4.20. The molecule has 0 heterocycles. The summed E-state index contributed by atoms with van der Waals surface area (Å²) in [4.78, 5) is 0. The standard InChI is InChI=1S/C10H11ClF3N/c11-8-3-1-7(2-4-8)5-9(15)6-10(12,13)14/h1-4,9H,5-6,15H2. The summed E-state index contributed by atoms with van der Waals surface area (Å²) in [5.74, 6) is 0. The molecule has 1 aromatic carbocycles. The molecule has 0 aliphatic carbocycles. The summed E-state index contributed by atoms with van der Waals surface area (Å²) in [5.41, 5.74) is 6.14. The number of alkyl halides is 3. The average molecular weight is 238 g/mol. The molecule has 0 bridgehead atoms. The summed E-state index contributed by atoms with van der Waals surface area (Å²) in [6.07, 6.45) is -4.96. The van der Waals surface area contributed by atoms with E-state index in [-0.39, 0.29) is 6.42 Å². The maximum Gasteiger partial charge on any atom is 0.390 e. The fourth-order valence-electron chi connectivity index (χ4n) is 1.29. The van der Waals surface area contributed by atoms with Gasteiger partial charge < -0.3 is 5.73 Å². The highest BCUT2D eigenvalue weighted by atomic mass is 35.5. The van der Waals surface area contributed by atoms with Crippen molar-refractivity contribution >= 4 is 11.6 Å². The zero-order valence-corrected chi connectivity index (χ0v) is 8.65. The number of rotatable bonds is 3. The lowest BCUT2D eigenvalue weighted by molar-refractivity contribution is -0.138. The Morgan fingerprint density at radius 2 is 1.73 bits per heavy atom. The monoisotopic (exact) mass is 237 g/mol. The van der Waals surface area contributed by atoms with Crippen molar-refractivity contribution in [3.05, 3.63) is 34.9 Å². The highest BCUT2D eigenvalue weighted by Crippen LogP contribution is 2.22. The van der Waals surface area contributed by atoms with Crippen LogP contribution in [0.3, 0.4) is 0 Å². The van der Waals surface area contributed by atoms with E-state index < -0.39 is 18.6 Å². The van der Waals surface area contributed by atoms with Gasteiger partial charge in [0.25, 0.3) is 0 Å². The van der Waals surface area contributed by atoms with Gasteiger partial charge in [0.15, 0.2) is 0 Å². The van der Waals surface area contributed by atoms with Crippen molar-refractivity contribution in [2.24, 2.45) is 5.73 Å². The van der Waals surface area contributed by atoms with Crippen LogP contribution in [0.15, 0.2) is 24.3 Å². The molecule has 0 fully saturated rings. The molecule has 0 aliphatic rings. The Morgan fingerprint density at radius 3 is 2.20 bits per heavy atom. The maximum atomic E-state index is 12.0. The van der Waals surface area contributed by atoms with Crippen molar-refractivity contribution in [2.45, 2.75) is 25.1 Å². The van der Waals surface area contributed by atoms with Crippen LogP contribution in [0.25, 0.3) is 0 Å². The molecule has 0 radical (unpaired) electrons. The Morgan fingerprint density at radius 1 is 1.20 bits per heavy atom. The predicted molar refractivity (Wildman–Crippen MR) is 53.8 cm³/mol. The SMILES string of the molecule is NC(Cc1ccc(Cl)cc1)CC(F)(F)F. The Kier molecular flexibility index (Phi) is 3.99. The van der Waals surface area contributed by atoms with Gasteiger partial charge in [0, 0.05) is 11.1 Å². The molecule has 0 aliphatic heterocycles. The van der Waals surface area contributed by atoms with Crippen LogP contribution in [-0.2, 0) is 6.42 Å². The summed E-state index contributed by atoms with van der Waals surface area (Å²) in [6.45, 7) is 0. The fraction of sp³-hybridized carbons (Fsp3) is 0.400. The molecular weight excluding hydrogens is 227 g/mol. The molecule has 0 spiro atoms. The second-order valence-electron chi connectivity index (χ2n) is 3.41. The predicted octanol–water partition coefficient (Wildman–Crippen LogP) is 3.16. The van der Waals surface area contributed by atoms with Gasteiger partial charge in [-0.25, -0.2) is 0 Å². The van der Waals surface area contributed by atoms with Crippen molar-refractivity contribution in [2.75, 3.05) is 0 Å². The molecular formula is C10H11ClF3N. The molecule has 1 nitrogen and oxygen atoms in total. The normalized spacial score (nSPS) is 13.9. The van der Waals surface area contributed by atoms with Gasteiger partial charge in [-0.2, -0.15) is 13.2 Å². The highest BCUT2D eigenvalue weighted by Gasteiger charge is 2.30. The molecule has 0 saturated carbocycles. The van der Waals surface area contributed by atoms with Crippen molar-refractivity contribution in [3.63, 3.8) is 0 Å². The van der Waals surface area contributed by atoms with E-state index in [9.17, 15) is 13.2 Å². The topological polar surface area (TPSA) is 26.0 Å². The van der Waals surface area contributed by atoms with E-state index in [2.05, 4.69) is 0 Å². The van der Waals surface area contributed by atoms with Crippen LogP contribution in [0.2, 0.25) is 5.02 Å². The van der Waals surface area contributed by atoms with Crippen LogP contribution in [0, 0.1) is 0 Å². The molecule has 1 atom stereocenters. The first-order valence-corrected chi connectivity index (χ1v) is 4.81. The third-order valence-electron chi connectivity index (χ3n) is 1.90. The smallest absolute Gasteiger partial charge is 0.327 e. The van der Waals surface area contributed by atoms with E-state index in [1.54, 1.807) is 24.3 Å². The van der Waals surface area contributed by atoms with Crippen LogP contribution in [0.5, 0.6) is 0 Å². The zero-order chi connectivity index (χ0) is 11.5.